The molecule has 0 aliphatic heterocycles. The summed E-state index contributed by atoms with van der Waals surface area (Å²) in [7, 11) is 1.69. The Bertz CT molecular complexity index is 276. The van der Waals surface area contributed by atoms with Gasteiger partial charge in [-0.15, -0.1) is 11.8 Å². The molecule has 1 aromatic carbocycles. The highest BCUT2D eigenvalue weighted by Gasteiger charge is 2.02. The normalized spacial score (nSPS) is 10.1. The summed E-state index contributed by atoms with van der Waals surface area (Å²) < 4.78 is 5.24. The molecular weight excluding hydrogens is 182 g/mol. The molecular formula is C10H15NOS. The standard InChI is InChI=1S/C10H15NOS/c1-8-3-4-9(12-2)10(7-8)13-6-5-11/h3-4,7H,5-6,11H2,1-2H3. The number of hydrogen-bond acceptors (Lipinski definition) is 3. The van der Waals surface area contributed by atoms with Crippen LogP contribution in [-0.2, 0) is 0 Å². The maximum Gasteiger partial charge on any atom is 0.132 e. The van der Waals surface area contributed by atoms with Gasteiger partial charge in [-0.2, -0.15) is 0 Å². The summed E-state index contributed by atoms with van der Waals surface area (Å²) in [5.41, 5.74) is 6.69. The fourth-order valence-electron chi connectivity index (χ4n) is 1.07. The van der Waals surface area contributed by atoms with Crippen molar-refractivity contribution in [1.29, 1.82) is 0 Å². The summed E-state index contributed by atoms with van der Waals surface area (Å²) in [6.07, 6.45) is 0. The molecule has 0 spiro atoms. The Morgan fingerprint density at radius 1 is 1.46 bits per heavy atom. The van der Waals surface area contributed by atoms with Crippen molar-refractivity contribution in [2.75, 3.05) is 19.4 Å². The Balaban J connectivity index is 2.81. The lowest BCUT2D eigenvalue weighted by Crippen LogP contribution is -2.01. The van der Waals surface area contributed by atoms with Gasteiger partial charge in [-0.3, -0.25) is 0 Å². The van der Waals surface area contributed by atoms with Gasteiger partial charge >= 0.3 is 0 Å². The molecule has 0 heterocycles. The van der Waals surface area contributed by atoms with Crippen molar-refractivity contribution in [3.05, 3.63) is 23.8 Å². The highest BCUT2D eigenvalue weighted by Crippen LogP contribution is 2.29. The van der Waals surface area contributed by atoms with Gasteiger partial charge in [-0.25, -0.2) is 0 Å². The van der Waals surface area contributed by atoms with Gasteiger partial charge in [0.2, 0.25) is 0 Å². The lowest BCUT2D eigenvalue weighted by atomic mass is 10.2. The van der Waals surface area contributed by atoms with Crippen LogP contribution < -0.4 is 10.5 Å². The van der Waals surface area contributed by atoms with Crippen LogP contribution in [0.3, 0.4) is 0 Å². The fraction of sp³-hybridized carbons (Fsp3) is 0.400. The SMILES string of the molecule is COc1ccc(C)cc1SCCN. The summed E-state index contributed by atoms with van der Waals surface area (Å²) in [6.45, 7) is 2.77. The van der Waals surface area contributed by atoms with Crippen LogP contribution in [0.4, 0.5) is 0 Å². The average molecular weight is 197 g/mol. The molecule has 13 heavy (non-hydrogen) atoms. The number of nitrogens with two attached hydrogens (primary N) is 1. The second-order valence-electron chi connectivity index (χ2n) is 2.79. The predicted octanol–water partition coefficient (Wildman–Crippen LogP) is 2.05. The van der Waals surface area contributed by atoms with Crippen molar-refractivity contribution in [3.8, 4) is 5.75 Å². The highest BCUT2D eigenvalue weighted by atomic mass is 32.2. The molecule has 2 N–H and O–H groups in total. The molecule has 0 bridgehead atoms. The van der Waals surface area contributed by atoms with E-state index in [2.05, 4.69) is 13.0 Å². The van der Waals surface area contributed by atoms with E-state index in [0.29, 0.717) is 6.54 Å². The molecule has 0 saturated heterocycles. The minimum Gasteiger partial charge on any atom is -0.496 e. The third kappa shape index (κ3) is 2.94. The van der Waals surface area contributed by atoms with E-state index in [1.54, 1.807) is 18.9 Å². The van der Waals surface area contributed by atoms with Crippen LogP contribution in [0.2, 0.25) is 0 Å². The molecule has 0 aliphatic rings. The van der Waals surface area contributed by atoms with Crippen LogP contribution in [0.25, 0.3) is 0 Å². The minimum absolute atomic E-state index is 0.696. The van der Waals surface area contributed by atoms with Crippen LogP contribution in [0.1, 0.15) is 5.56 Å². The second kappa shape index (κ2) is 5.14. The molecule has 0 aromatic heterocycles. The van der Waals surface area contributed by atoms with Crippen molar-refractivity contribution in [2.24, 2.45) is 5.73 Å². The topological polar surface area (TPSA) is 35.2 Å². The number of methoxy groups -OCH3 is 1. The molecule has 0 unspecified atom stereocenters. The predicted molar refractivity (Wildman–Crippen MR) is 57.5 cm³/mol. The summed E-state index contributed by atoms with van der Waals surface area (Å²) in [5.74, 6) is 1.86. The Morgan fingerprint density at radius 2 is 2.23 bits per heavy atom. The van der Waals surface area contributed by atoms with Gasteiger partial charge in [0.25, 0.3) is 0 Å². The molecule has 0 amide bonds. The van der Waals surface area contributed by atoms with Crippen LogP contribution in [-0.4, -0.2) is 19.4 Å². The Morgan fingerprint density at radius 3 is 2.85 bits per heavy atom. The van der Waals surface area contributed by atoms with Gasteiger partial charge in [-0.05, 0) is 24.6 Å². The van der Waals surface area contributed by atoms with Crippen LogP contribution in [0.15, 0.2) is 23.1 Å². The molecule has 72 valence electrons. The van der Waals surface area contributed by atoms with Gasteiger partial charge in [0.05, 0.1) is 7.11 Å². The van der Waals surface area contributed by atoms with E-state index in [1.807, 2.05) is 12.1 Å². The van der Waals surface area contributed by atoms with E-state index in [4.69, 9.17) is 10.5 Å². The maximum absolute atomic E-state index is 5.44. The highest BCUT2D eigenvalue weighted by molar-refractivity contribution is 7.99. The lowest BCUT2D eigenvalue weighted by molar-refractivity contribution is 0.404. The van der Waals surface area contributed by atoms with Crippen molar-refractivity contribution in [2.45, 2.75) is 11.8 Å². The number of ether oxygens (including phenoxy) is 1. The van der Waals surface area contributed by atoms with Crippen molar-refractivity contribution >= 4 is 11.8 Å². The fourth-order valence-corrected chi connectivity index (χ4v) is 1.97. The first kappa shape index (κ1) is 10.4. The summed E-state index contributed by atoms with van der Waals surface area (Å²) in [6, 6.07) is 6.17. The zero-order valence-electron chi connectivity index (χ0n) is 8.04. The zero-order valence-corrected chi connectivity index (χ0v) is 8.86. The molecule has 0 radical (unpaired) electrons. The molecule has 3 heteroatoms. The smallest absolute Gasteiger partial charge is 0.132 e. The van der Waals surface area contributed by atoms with Crippen molar-refractivity contribution in [1.82, 2.24) is 0 Å². The van der Waals surface area contributed by atoms with Crippen LogP contribution >= 0.6 is 11.8 Å². The summed E-state index contributed by atoms with van der Waals surface area (Å²) in [5, 5.41) is 0. The first-order valence-corrected chi connectivity index (χ1v) is 5.24. The molecule has 1 rings (SSSR count). The van der Waals surface area contributed by atoms with E-state index >= 15 is 0 Å². The molecule has 0 fully saturated rings. The van der Waals surface area contributed by atoms with Gasteiger partial charge in [0.15, 0.2) is 0 Å². The molecule has 2 nitrogen and oxygen atoms in total. The third-order valence-electron chi connectivity index (χ3n) is 1.69. The molecule has 0 saturated carbocycles. The van der Waals surface area contributed by atoms with Crippen molar-refractivity contribution < 1.29 is 4.74 Å². The van der Waals surface area contributed by atoms with Gasteiger partial charge in [0.1, 0.15) is 5.75 Å². The van der Waals surface area contributed by atoms with E-state index in [9.17, 15) is 0 Å². The first-order chi connectivity index (χ1) is 6.27. The average Bonchev–Trinajstić information content (AvgIpc) is 2.15. The number of rotatable bonds is 4. The number of thioether (sulfide) groups is 1. The first-order valence-electron chi connectivity index (χ1n) is 4.25. The number of benzene rings is 1. The lowest BCUT2D eigenvalue weighted by Gasteiger charge is -2.07. The summed E-state index contributed by atoms with van der Waals surface area (Å²) >= 11 is 1.74. The van der Waals surface area contributed by atoms with E-state index in [-0.39, 0.29) is 0 Å². The Kier molecular flexibility index (Phi) is 4.12. The van der Waals surface area contributed by atoms with Gasteiger partial charge < -0.3 is 10.5 Å². The largest absolute Gasteiger partial charge is 0.496 e. The Hall–Kier alpha value is -0.670. The number of aryl methyl sites for hydroxylation is 1. The third-order valence-corrected chi connectivity index (χ3v) is 2.76. The van der Waals surface area contributed by atoms with Gasteiger partial charge in [0, 0.05) is 17.2 Å². The van der Waals surface area contributed by atoms with E-state index < -0.39 is 0 Å². The minimum atomic E-state index is 0.696. The zero-order chi connectivity index (χ0) is 9.68. The van der Waals surface area contributed by atoms with Crippen LogP contribution in [0.5, 0.6) is 5.75 Å². The number of hydrogen-bond donors (Lipinski definition) is 1. The van der Waals surface area contributed by atoms with Gasteiger partial charge in [-0.1, -0.05) is 6.07 Å². The molecule has 0 atom stereocenters. The summed E-state index contributed by atoms with van der Waals surface area (Å²) in [4.78, 5) is 1.17. The maximum atomic E-state index is 5.44. The van der Waals surface area contributed by atoms with E-state index in [0.717, 1.165) is 11.5 Å². The van der Waals surface area contributed by atoms with Crippen molar-refractivity contribution in [3.63, 3.8) is 0 Å². The Labute approximate surface area is 83.5 Å². The molecule has 1 aromatic rings. The van der Waals surface area contributed by atoms with E-state index in [1.165, 1.54) is 10.5 Å². The molecule has 0 aliphatic carbocycles. The second-order valence-corrected chi connectivity index (χ2v) is 3.93. The van der Waals surface area contributed by atoms with Crippen LogP contribution in [0, 0.1) is 6.92 Å². The monoisotopic (exact) mass is 197 g/mol. The quantitative estimate of drug-likeness (QED) is 0.750.